The Morgan fingerprint density at radius 2 is 1.41 bits per heavy atom. The lowest BCUT2D eigenvalue weighted by Crippen LogP contribution is -2.41. The van der Waals surface area contributed by atoms with Crippen LogP contribution in [0.1, 0.15) is 144 Å². The molecule has 0 aromatic rings. The third-order valence-electron chi connectivity index (χ3n) is 7.68. The Balaban J connectivity index is 4.06. The number of ether oxygens (including phenoxy) is 1. The molecule has 0 aliphatic heterocycles. The van der Waals surface area contributed by atoms with Crippen molar-refractivity contribution in [3.63, 3.8) is 0 Å². The zero-order valence-electron chi connectivity index (χ0n) is 23.4. The van der Waals surface area contributed by atoms with E-state index in [1.54, 1.807) is 0 Å². The van der Waals surface area contributed by atoms with Gasteiger partial charge < -0.3 is 9.94 Å². The van der Waals surface area contributed by atoms with E-state index in [2.05, 4.69) is 44.8 Å². The largest absolute Gasteiger partial charge is 0.469 e. The van der Waals surface area contributed by atoms with Crippen LogP contribution in [0.25, 0.3) is 0 Å². The van der Waals surface area contributed by atoms with E-state index in [0.717, 1.165) is 44.9 Å². The summed E-state index contributed by atoms with van der Waals surface area (Å²) in [5.74, 6) is 1.89. The van der Waals surface area contributed by atoms with Gasteiger partial charge in [-0.25, -0.2) is 0 Å². The van der Waals surface area contributed by atoms with Gasteiger partial charge in [0.15, 0.2) is 0 Å². The normalized spacial score (nSPS) is 16.0. The monoisotopic (exact) mass is 483 g/mol. The number of Topliss-reactive ketones (excluding diaryl/α,β-unsaturated/α-hetero) is 1. The van der Waals surface area contributed by atoms with Crippen LogP contribution in [0, 0.1) is 17.8 Å². The van der Waals surface area contributed by atoms with Gasteiger partial charge in [0.2, 0.25) is 0 Å². The van der Waals surface area contributed by atoms with Crippen LogP contribution in [0.5, 0.6) is 0 Å². The highest BCUT2D eigenvalue weighted by atomic mass is 16.5. The molecule has 0 rings (SSSR count). The molecule has 0 amide bonds. The zero-order chi connectivity index (χ0) is 25.8. The summed E-state index contributed by atoms with van der Waals surface area (Å²) in [5, 5.41) is 9.79. The fraction of sp³-hybridized carbons (Fsp3) is 0.931. The summed E-state index contributed by atoms with van der Waals surface area (Å²) in [4.78, 5) is 23.3. The molecule has 5 nitrogen and oxygen atoms in total. The van der Waals surface area contributed by atoms with E-state index in [4.69, 9.17) is 0 Å². The summed E-state index contributed by atoms with van der Waals surface area (Å²) in [6, 6.07) is 0. The minimum absolute atomic E-state index is 0.168. The lowest BCUT2D eigenvalue weighted by atomic mass is 9.81. The highest BCUT2D eigenvalue weighted by molar-refractivity contribution is 5.78. The second kappa shape index (κ2) is 20.3. The summed E-state index contributed by atoms with van der Waals surface area (Å²) in [5.41, 5.74) is 2.44. The molecule has 34 heavy (non-hydrogen) atoms. The van der Waals surface area contributed by atoms with Crippen LogP contribution in [-0.2, 0) is 14.3 Å². The van der Waals surface area contributed by atoms with E-state index in [-0.39, 0.29) is 11.5 Å². The highest BCUT2D eigenvalue weighted by Gasteiger charge is 2.26. The minimum atomic E-state index is -0.192. The van der Waals surface area contributed by atoms with Crippen molar-refractivity contribution in [1.82, 2.24) is 5.48 Å². The predicted octanol–water partition coefficient (Wildman–Crippen LogP) is 8.03. The molecule has 5 heteroatoms. The topological polar surface area (TPSA) is 75.6 Å². The molecule has 0 saturated carbocycles. The van der Waals surface area contributed by atoms with E-state index in [1.165, 1.54) is 52.1 Å². The molecule has 3 unspecified atom stereocenters. The van der Waals surface area contributed by atoms with Crippen molar-refractivity contribution >= 4 is 11.8 Å². The first-order valence-corrected chi connectivity index (χ1v) is 14.2. The fourth-order valence-electron chi connectivity index (χ4n) is 4.87. The first-order valence-electron chi connectivity index (χ1n) is 14.2. The maximum Gasteiger partial charge on any atom is 0.305 e. The van der Waals surface area contributed by atoms with Crippen molar-refractivity contribution < 1.29 is 19.5 Å². The van der Waals surface area contributed by atoms with Gasteiger partial charge in [0.25, 0.3) is 0 Å². The Morgan fingerprint density at radius 3 is 2.06 bits per heavy atom. The Morgan fingerprint density at radius 1 is 0.824 bits per heavy atom. The number of methoxy groups -OCH3 is 1. The summed E-state index contributed by atoms with van der Waals surface area (Å²) in [7, 11) is 1.41. The van der Waals surface area contributed by atoms with Crippen molar-refractivity contribution in [2.24, 2.45) is 17.8 Å². The molecule has 202 valence electrons. The lowest BCUT2D eigenvalue weighted by molar-refractivity contribution is -0.140. The van der Waals surface area contributed by atoms with Gasteiger partial charge in [0, 0.05) is 24.8 Å². The highest BCUT2D eigenvalue weighted by Crippen LogP contribution is 2.29. The van der Waals surface area contributed by atoms with Crippen LogP contribution in [0.2, 0.25) is 0 Å². The first-order chi connectivity index (χ1) is 16.2. The molecule has 0 aliphatic rings. The first kappa shape index (κ1) is 33.1. The average molecular weight is 484 g/mol. The lowest BCUT2D eigenvalue weighted by Gasteiger charge is -2.31. The number of rotatable bonds is 23. The molecule has 0 aliphatic carbocycles. The molecular weight excluding hydrogens is 426 g/mol. The van der Waals surface area contributed by atoms with Crippen molar-refractivity contribution in [3.05, 3.63) is 0 Å². The van der Waals surface area contributed by atoms with Crippen molar-refractivity contribution in [2.45, 2.75) is 149 Å². The number of nitrogens with one attached hydrogen (secondary N) is 1. The van der Waals surface area contributed by atoms with E-state index >= 15 is 0 Å². The van der Waals surface area contributed by atoms with Crippen LogP contribution in [0.3, 0.4) is 0 Å². The van der Waals surface area contributed by atoms with E-state index in [9.17, 15) is 14.8 Å². The van der Waals surface area contributed by atoms with Crippen molar-refractivity contribution in [2.75, 3.05) is 7.11 Å². The third-order valence-corrected chi connectivity index (χ3v) is 7.68. The number of carbonyl (C=O) groups excluding carboxylic acids is 2. The number of ketones is 1. The number of hydroxylamine groups is 1. The SMILES string of the molecule is CCCCCCCCC(C)(C[C@@H](C)CCC(C)C(C)CCC(=O)CCCCCC(=O)OC)NO. The molecule has 0 spiro atoms. The second-order valence-corrected chi connectivity index (χ2v) is 11.2. The maximum atomic E-state index is 12.2. The average Bonchev–Trinajstić information content (AvgIpc) is 2.82. The molecule has 0 heterocycles. The number of esters is 1. The fourth-order valence-corrected chi connectivity index (χ4v) is 4.87. The van der Waals surface area contributed by atoms with Gasteiger partial charge in [-0.1, -0.05) is 85.5 Å². The molecule has 0 aromatic carbocycles. The summed E-state index contributed by atoms with van der Waals surface area (Å²) >= 11 is 0. The number of carbonyl (C=O) groups is 2. The quantitative estimate of drug-likeness (QED) is 0.0874. The van der Waals surface area contributed by atoms with Crippen LogP contribution in [-0.4, -0.2) is 29.6 Å². The van der Waals surface area contributed by atoms with Crippen LogP contribution in [0.15, 0.2) is 0 Å². The molecule has 0 aromatic heterocycles. The number of hydrogen-bond acceptors (Lipinski definition) is 5. The molecule has 0 bridgehead atoms. The summed E-state index contributed by atoms with van der Waals surface area (Å²) in [6.45, 7) is 11.3. The molecule has 0 fully saturated rings. The molecule has 0 saturated heterocycles. The van der Waals surface area contributed by atoms with Gasteiger partial charge in [-0.2, -0.15) is 5.48 Å². The number of hydrogen-bond donors (Lipinski definition) is 2. The van der Waals surface area contributed by atoms with Crippen molar-refractivity contribution in [3.8, 4) is 0 Å². The third kappa shape index (κ3) is 17.5. The van der Waals surface area contributed by atoms with Gasteiger partial charge in [0.1, 0.15) is 5.78 Å². The predicted molar refractivity (Wildman–Crippen MR) is 142 cm³/mol. The molecule has 2 N–H and O–H groups in total. The van der Waals surface area contributed by atoms with Crippen LogP contribution in [0.4, 0.5) is 0 Å². The Kier molecular flexibility index (Phi) is 19.7. The smallest absolute Gasteiger partial charge is 0.305 e. The van der Waals surface area contributed by atoms with Gasteiger partial charge >= 0.3 is 5.97 Å². The van der Waals surface area contributed by atoms with Gasteiger partial charge in [-0.05, 0) is 56.8 Å². The van der Waals surface area contributed by atoms with Gasteiger partial charge in [0.05, 0.1) is 7.11 Å². The molecule has 0 radical (unpaired) electrons. The Labute approximate surface area is 211 Å². The Bertz CT molecular complexity index is 524. The standard InChI is InChI=1S/C29H57NO4/c1-7-8-9-10-11-15-22-29(5,30-33)23-24(2)18-19-25(3)26(4)20-21-27(31)16-13-12-14-17-28(32)34-6/h24-26,30,33H,7-23H2,1-6H3/t24-,25?,26?,29?/m0/s1. The summed E-state index contributed by atoms with van der Waals surface area (Å²) in [6.07, 6.45) is 17.3. The maximum absolute atomic E-state index is 12.2. The van der Waals surface area contributed by atoms with E-state index in [0.29, 0.717) is 42.8 Å². The second-order valence-electron chi connectivity index (χ2n) is 11.2. The van der Waals surface area contributed by atoms with Gasteiger partial charge in [-0.15, -0.1) is 0 Å². The number of unbranched alkanes of at least 4 members (excludes halogenated alkanes) is 7. The van der Waals surface area contributed by atoms with Crippen LogP contribution < -0.4 is 5.48 Å². The van der Waals surface area contributed by atoms with Crippen LogP contribution >= 0.6 is 0 Å². The summed E-state index contributed by atoms with van der Waals surface area (Å²) < 4.78 is 4.64. The van der Waals surface area contributed by atoms with Gasteiger partial charge in [-0.3, -0.25) is 9.59 Å². The van der Waals surface area contributed by atoms with E-state index in [1.807, 2.05) is 0 Å². The van der Waals surface area contributed by atoms with E-state index < -0.39 is 0 Å². The zero-order valence-corrected chi connectivity index (χ0v) is 23.4. The minimum Gasteiger partial charge on any atom is -0.469 e. The Hall–Kier alpha value is -0.940. The van der Waals surface area contributed by atoms with Crippen molar-refractivity contribution in [1.29, 1.82) is 0 Å². The molecular formula is C29H57NO4. The molecule has 4 atom stereocenters.